The van der Waals surface area contributed by atoms with Gasteiger partial charge in [-0.15, -0.1) is 11.3 Å². The highest BCUT2D eigenvalue weighted by molar-refractivity contribution is 7.14. The zero-order valence-electron chi connectivity index (χ0n) is 12.6. The highest BCUT2D eigenvalue weighted by Crippen LogP contribution is 2.21. The summed E-state index contributed by atoms with van der Waals surface area (Å²) in [5.41, 5.74) is -0.210. The fourth-order valence-corrected chi connectivity index (χ4v) is 2.37. The molecule has 7 nitrogen and oxygen atoms in total. The fraction of sp³-hybridized carbons (Fsp3) is 0.143. The van der Waals surface area contributed by atoms with Gasteiger partial charge in [0.15, 0.2) is 5.13 Å². The van der Waals surface area contributed by atoms with Gasteiger partial charge in [-0.3, -0.25) is 10.1 Å². The molecule has 0 saturated carbocycles. The first-order chi connectivity index (χ1) is 12.2. The first-order valence-corrected chi connectivity index (χ1v) is 7.94. The summed E-state index contributed by atoms with van der Waals surface area (Å²) < 4.78 is 36.6. The second kappa shape index (κ2) is 8.15. The van der Waals surface area contributed by atoms with Crippen molar-refractivity contribution >= 4 is 45.7 Å². The van der Waals surface area contributed by atoms with Crippen LogP contribution in [0.2, 0.25) is 5.02 Å². The topological polar surface area (TPSA) is 101 Å². The van der Waals surface area contributed by atoms with Gasteiger partial charge in [0.1, 0.15) is 12.3 Å². The van der Waals surface area contributed by atoms with Crippen LogP contribution in [0.4, 0.5) is 18.3 Å². The smallest absolute Gasteiger partial charge is 0.471 e. The number of thiazole rings is 1. The minimum Gasteiger partial charge on any atom is -0.476 e. The Morgan fingerprint density at radius 3 is 2.54 bits per heavy atom. The number of oxime groups is 1. The van der Waals surface area contributed by atoms with Crippen molar-refractivity contribution in [3.8, 4) is 0 Å². The number of nitrogens with one attached hydrogen (secondary N) is 1. The van der Waals surface area contributed by atoms with Crippen LogP contribution in [-0.4, -0.2) is 33.9 Å². The van der Waals surface area contributed by atoms with E-state index >= 15 is 0 Å². The van der Waals surface area contributed by atoms with E-state index in [1.165, 1.54) is 5.32 Å². The minimum atomic E-state index is -5.09. The van der Waals surface area contributed by atoms with Crippen LogP contribution >= 0.6 is 22.9 Å². The number of alkyl halides is 3. The summed E-state index contributed by atoms with van der Waals surface area (Å²) in [7, 11) is 0. The third kappa shape index (κ3) is 5.43. The van der Waals surface area contributed by atoms with Gasteiger partial charge in [-0.25, -0.2) is 9.78 Å². The molecule has 0 atom stereocenters. The van der Waals surface area contributed by atoms with Crippen molar-refractivity contribution in [2.75, 3.05) is 5.32 Å². The molecule has 1 aromatic carbocycles. The lowest BCUT2D eigenvalue weighted by atomic mass is 10.2. The van der Waals surface area contributed by atoms with Crippen molar-refractivity contribution in [2.24, 2.45) is 5.16 Å². The summed E-state index contributed by atoms with van der Waals surface area (Å²) in [4.78, 5) is 30.6. The highest BCUT2D eigenvalue weighted by Gasteiger charge is 2.39. The molecular formula is C14H9ClF3N3O4S. The first-order valence-electron chi connectivity index (χ1n) is 6.68. The van der Waals surface area contributed by atoms with E-state index in [1.54, 1.807) is 24.3 Å². The molecule has 0 aliphatic heterocycles. The Morgan fingerprint density at radius 2 is 1.96 bits per heavy atom. The first kappa shape index (κ1) is 19.7. The van der Waals surface area contributed by atoms with Gasteiger partial charge in [0.25, 0.3) is 0 Å². The largest absolute Gasteiger partial charge is 0.476 e. The zero-order valence-corrected chi connectivity index (χ0v) is 14.2. The van der Waals surface area contributed by atoms with Crippen molar-refractivity contribution in [2.45, 2.75) is 12.8 Å². The van der Waals surface area contributed by atoms with E-state index in [1.807, 2.05) is 0 Å². The maximum absolute atomic E-state index is 12.2. The van der Waals surface area contributed by atoms with Gasteiger partial charge in [0, 0.05) is 10.4 Å². The van der Waals surface area contributed by atoms with Crippen LogP contribution in [-0.2, 0) is 21.0 Å². The molecule has 1 aromatic heterocycles. The Labute approximate surface area is 153 Å². The lowest BCUT2D eigenvalue weighted by Crippen LogP contribution is -2.29. The van der Waals surface area contributed by atoms with Crippen molar-refractivity contribution in [1.29, 1.82) is 0 Å². The number of carboxylic acids is 1. The van der Waals surface area contributed by atoms with Crippen LogP contribution < -0.4 is 5.32 Å². The number of benzene rings is 1. The van der Waals surface area contributed by atoms with Gasteiger partial charge in [-0.2, -0.15) is 13.2 Å². The summed E-state index contributed by atoms with van der Waals surface area (Å²) in [6, 6.07) is 6.51. The fourth-order valence-electron chi connectivity index (χ4n) is 1.56. The molecule has 0 fully saturated rings. The average Bonchev–Trinajstić information content (AvgIpc) is 3.00. The van der Waals surface area contributed by atoms with E-state index in [4.69, 9.17) is 21.5 Å². The normalized spacial score (nSPS) is 11.9. The number of nitrogens with zero attached hydrogens (tertiary/aromatic N) is 2. The third-order valence-corrected chi connectivity index (χ3v) is 3.74. The Morgan fingerprint density at radius 1 is 1.31 bits per heavy atom. The minimum absolute atomic E-state index is 0.0598. The van der Waals surface area contributed by atoms with Crippen molar-refractivity contribution < 1.29 is 32.7 Å². The maximum atomic E-state index is 12.2. The summed E-state index contributed by atoms with van der Waals surface area (Å²) >= 11 is 6.34. The van der Waals surface area contributed by atoms with E-state index in [9.17, 15) is 22.8 Å². The summed E-state index contributed by atoms with van der Waals surface area (Å²) in [6.45, 7) is -0.0598. The van der Waals surface area contributed by atoms with Crippen LogP contribution in [0.5, 0.6) is 0 Å². The SMILES string of the molecule is O=C(O)/C(=N\OCc1ccc(Cl)cc1)c1csc(NC(=O)C(F)(F)F)n1. The summed E-state index contributed by atoms with van der Waals surface area (Å²) in [6.07, 6.45) is -5.09. The molecule has 138 valence electrons. The van der Waals surface area contributed by atoms with Gasteiger partial charge in [0.2, 0.25) is 5.71 Å². The molecule has 0 radical (unpaired) electrons. The summed E-state index contributed by atoms with van der Waals surface area (Å²) in [5.74, 6) is -3.72. The molecule has 0 aliphatic carbocycles. The average molecular weight is 408 g/mol. The van der Waals surface area contributed by atoms with Gasteiger partial charge >= 0.3 is 18.1 Å². The molecule has 0 aliphatic rings. The number of amides is 1. The van der Waals surface area contributed by atoms with Gasteiger partial charge < -0.3 is 9.94 Å². The number of rotatable bonds is 6. The molecule has 2 N–H and O–H groups in total. The second-order valence-corrected chi connectivity index (χ2v) is 5.93. The quantitative estimate of drug-likeness (QED) is 0.565. The number of halogens is 4. The number of carboxylic acid groups (broad SMARTS) is 1. The third-order valence-electron chi connectivity index (χ3n) is 2.73. The number of aromatic nitrogens is 1. The highest BCUT2D eigenvalue weighted by atomic mass is 35.5. The molecule has 12 heteroatoms. The van der Waals surface area contributed by atoms with Crippen LogP contribution in [0, 0.1) is 0 Å². The van der Waals surface area contributed by atoms with Crippen molar-refractivity contribution in [3.63, 3.8) is 0 Å². The number of aliphatic carboxylic acids is 1. The molecule has 0 saturated heterocycles. The van der Waals surface area contributed by atoms with Gasteiger partial charge in [-0.05, 0) is 17.7 Å². The second-order valence-electron chi connectivity index (χ2n) is 4.63. The van der Waals surface area contributed by atoms with Crippen LogP contribution in [0.15, 0.2) is 34.8 Å². The lowest BCUT2D eigenvalue weighted by molar-refractivity contribution is -0.167. The predicted octanol–water partition coefficient (Wildman–Crippen LogP) is 3.30. The monoisotopic (exact) mass is 407 g/mol. The van der Waals surface area contributed by atoms with E-state index in [-0.39, 0.29) is 12.3 Å². The van der Waals surface area contributed by atoms with E-state index < -0.39 is 28.9 Å². The molecule has 0 bridgehead atoms. The van der Waals surface area contributed by atoms with Crippen molar-refractivity contribution in [3.05, 3.63) is 45.9 Å². The number of carbonyl (C=O) groups is 2. The molecule has 1 amide bonds. The molecule has 0 spiro atoms. The van der Waals surface area contributed by atoms with E-state index in [0.717, 1.165) is 5.38 Å². The molecule has 0 unspecified atom stereocenters. The van der Waals surface area contributed by atoms with Crippen LogP contribution in [0.3, 0.4) is 0 Å². The van der Waals surface area contributed by atoms with E-state index in [0.29, 0.717) is 21.9 Å². The van der Waals surface area contributed by atoms with Gasteiger partial charge in [0.05, 0.1) is 0 Å². The Hall–Kier alpha value is -2.66. The number of hydrogen-bond donors (Lipinski definition) is 2. The zero-order chi connectivity index (χ0) is 19.3. The van der Waals surface area contributed by atoms with E-state index in [2.05, 4.69) is 10.1 Å². The lowest BCUT2D eigenvalue weighted by Gasteiger charge is -2.04. The van der Waals surface area contributed by atoms with Gasteiger partial charge in [-0.1, -0.05) is 28.9 Å². The molecule has 2 rings (SSSR count). The predicted molar refractivity (Wildman–Crippen MR) is 87.2 cm³/mol. The van der Waals surface area contributed by atoms with Crippen molar-refractivity contribution in [1.82, 2.24) is 4.98 Å². The molecule has 2 aromatic rings. The Balaban J connectivity index is 2.08. The van der Waals surface area contributed by atoms with Crippen LogP contribution in [0.1, 0.15) is 11.3 Å². The molecular weight excluding hydrogens is 399 g/mol. The number of hydrogen-bond acceptors (Lipinski definition) is 6. The number of anilines is 1. The Bertz CT molecular complexity index is 837. The standard InChI is InChI=1S/C14H9ClF3N3O4S/c15-8-3-1-7(2-4-8)5-25-21-10(11(22)23)9-6-26-13(19-9)20-12(24)14(16,17)18/h1-4,6H,5H2,(H,22,23)(H,19,20,24)/b21-10-. The Kier molecular flexibility index (Phi) is 6.16. The summed E-state index contributed by atoms with van der Waals surface area (Å²) in [5, 5.41) is 15.3. The molecule has 1 heterocycles. The molecule has 26 heavy (non-hydrogen) atoms. The van der Waals surface area contributed by atoms with Crippen LogP contribution in [0.25, 0.3) is 0 Å². The maximum Gasteiger partial charge on any atom is 0.471 e. The number of carbonyl (C=O) groups excluding carboxylic acids is 1.